The Labute approximate surface area is 177 Å². The third kappa shape index (κ3) is 4.27. The zero-order valence-corrected chi connectivity index (χ0v) is 18.2. The van der Waals surface area contributed by atoms with Crippen LogP contribution in [0.4, 0.5) is 5.82 Å². The maximum atomic E-state index is 13.1. The second-order valence-corrected chi connectivity index (χ2v) is 9.61. The Balaban J connectivity index is 1.53. The molecular weight excluding hydrogens is 398 g/mol. The van der Waals surface area contributed by atoms with E-state index in [9.17, 15) is 8.42 Å². The van der Waals surface area contributed by atoms with E-state index in [1.165, 1.54) is 0 Å². The van der Waals surface area contributed by atoms with Gasteiger partial charge in [0.2, 0.25) is 10.0 Å². The van der Waals surface area contributed by atoms with Crippen LogP contribution in [0.2, 0.25) is 0 Å². The number of hydrogen-bond donors (Lipinski definition) is 1. The Morgan fingerprint density at radius 3 is 2.80 bits per heavy atom. The molecule has 4 rings (SSSR count). The summed E-state index contributed by atoms with van der Waals surface area (Å²) in [6.45, 7) is 3.20. The zero-order chi connectivity index (χ0) is 21.1. The summed E-state index contributed by atoms with van der Waals surface area (Å²) in [5.74, 6) is 1.56. The van der Waals surface area contributed by atoms with Gasteiger partial charge in [0.15, 0.2) is 0 Å². The quantitative estimate of drug-likeness (QED) is 0.633. The van der Waals surface area contributed by atoms with Crippen molar-refractivity contribution in [1.82, 2.24) is 9.29 Å². The number of nitrogens with one attached hydrogen (secondary N) is 1. The first kappa shape index (κ1) is 20.6. The van der Waals surface area contributed by atoms with Gasteiger partial charge in [0, 0.05) is 24.5 Å². The van der Waals surface area contributed by atoms with Crippen LogP contribution in [0.5, 0.6) is 5.75 Å². The van der Waals surface area contributed by atoms with Crippen molar-refractivity contribution in [2.24, 2.45) is 0 Å². The highest BCUT2D eigenvalue weighted by Crippen LogP contribution is 2.27. The van der Waals surface area contributed by atoms with Gasteiger partial charge in [-0.1, -0.05) is 18.6 Å². The van der Waals surface area contributed by atoms with Crippen LogP contribution < -0.4 is 10.1 Å². The van der Waals surface area contributed by atoms with Crippen molar-refractivity contribution in [3.05, 3.63) is 60.2 Å². The fourth-order valence-corrected chi connectivity index (χ4v) is 5.64. The van der Waals surface area contributed by atoms with E-state index in [2.05, 4.69) is 10.3 Å². The van der Waals surface area contributed by atoms with Gasteiger partial charge in [-0.3, -0.25) is 0 Å². The van der Waals surface area contributed by atoms with Gasteiger partial charge in [0.1, 0.15) is 11.6 Å². The molecule has 6 nitrogen and oxygen atoms in total. The lowest BCUT2D eigenvalue weighted by Gasteiger charge is -2.32. The average molecular weight is 426 g/mol. The number of pyridine rings is 1. The van der Waals surface area contributed by atoms with Crippen molar-refractivity contribution in [1.29, 1.82) is 0 Å². The highest BCUT2D eigenvalue weighted by molar-refractivity contribution is 7.89. The highest BCUT2D eigenvalue weighted by atomic mass is 32.2. The van der Waals surface area contributed by atoms with Crippen LogP contribution in [0.25, 0.3) is 10.9 Å². The van der Waals surface area contributed by atoms with Crippen molar-refractivity contribution in [2.45, 2.75) is 43.7 Å². The summed E-state index contributed by atoms with van der Waals surface area (Å²) < 4.78 is 33.1. The summed E-state index contributed by atoms with van der Waals surface area (Å²) in [7, 11) is -1.84. The van der Waals surface area contributed by atoms with E-state index >= 15 is 0 Å². The van der Waals surface area contributed by atoms with E-state index in [-0.39, 0.29) is 6.04 Å². The minimum atomic E-state index is -3.49. The molecule has 1 fully saturated rings. The minimum Gasteiger partial charge on any atom is -0.497 e. The number of anilines is 1. The van der Waals surface area contributed by atoms with Crippen LogP contribution in [-0.4, -0.2) is 37.4 Å². The van der Waals surface area contributed by atoms with Gasteiger partial charge in [-0.15, -0.1) is 0 Å². The van der Waals surface area contributed by atoms with Crippen LogP contribution in [0.15, 0.2) is 59.5 Å². The molecular formula is C23H27N3O3S. The van der Waals surface area contributed by atoms with Crippen molar-refractivity contribution >= 4 is 26.7 Å². The summed E-state index contributed by atoms with van der Waals surface area (Å²) in [5, 5.41) is 4.13. The molecule has 1 aliphatic heterocycles. The fraction of sp³-hybridized carbons (Fsp3) is 0.348. The smallest absolute Gasteiger partial charge is 0.243 e. The Kier molecular flexibility index (Phi) is 5.92. The molecule has 1 aromatic heterocycles. The molecule has 0 spiro atoms. The summed E-state index contributed by atoms with van der Waals surface area (Å²) in [5.41, 5.74) is 1.85. The number of aromatic nitrogens is 1. The molecule has 0 aliphatic carbocycles. The number of piperidine rings is 1. The SMILES string of the molecule is COc1cccc(CNc2ccc3cc(S(=O)(=O)N4CCCC[C@@H]4C)ccc3n2)c1. The molecule has 1 N–H and O–H groups in total. The molecule has 7 heteroatoms. The predicted molar refractivity (Wildman–Crippen MR) is 119 cm³/mol. The predicted octanol–water partition coefficient (Wildman–Crippen LogP) is 4.42. The molecule has 3 aromatic rings. The van der Waals surface area contributed by atoms with E-state index in [0.717, 1.165) is 47.3 Å². The minimum absolute atomic E-state index is 0.0424. The molecule has 30 heavy (non-hydrogen) atoms. The lowest BCUT2D eigenvalue weighted by atomic mass is 10.1. The normalized spacial score (nSPS) is 17.7. The van der Waals surface area contributed by atoms with Crippen LogP contribution in [-0.2, 0) is 16.6 Å². The maximum absolute atomic E-state index is 13.1. The van der Waals surface area contributed by atoms with Gasteiger partial charge in [-0.05, 0) is 67.8 Å². The first-order chi connectivity index (χ1) is 14.5. The summed E-state index contributed by atoms with van der Waals surface area (Å²) >= 11 is 0. The van der Waals surface area contributed by atoms with Crippen LogP contribution in [0.1, 0.15) is 31.7 Å². The molecule has 2 heterocycles. The number of rotatable bonds is 6. The Bertz CT molecular complexity index is 1150. The number of methoxy groups -OCH3 is 1. The fourth-order valence-electron chi connectivity index (χ4n) is 3.90. The van der Waals surface area contributed by atoms with Crippen LogP contribution >= 0.6 is 0 Å². The Morgan fingerprint density at radius 1 is 1.13 bits per heavy atom. The van der Waals surface area contributed by atoms with E-state index < -0.39 is 10.0 Å². The van der Waals surface area contributed by atoms with Gasteiger partial charge in [0.05, 0.1) is 17.5 Å². The number of fused-ring (bicyclic) bond motifs is 1. The summed E-state index contributed by atoms with van der Waals surface area (Å²) in [6.07, 6.45) is 2.91. The highest BCUT2D eigenvalue weighted by Gasteiger charge is 2.31. The molecule has 158 valence electrons. The topological polar surface area (TPSA) is 71.5 Å². The third-order valence-electron chi connectivity index (χ3n) is 5.62. The molecule has 0 amide bonds. The van der Waals surface area contributed by atoms with Gasteiger partial charge in [0.25, 0.3) is 0 Å². The zero-order valence-electron chi connectivity index (χ0n) is 17.3. The number of nitrogens with zero attached hydrogens (tertiary/aromatic N) is 2. The third-order valence-corrected chi connectivity index (χ3v) is 7.63. The van der Waals surface area contributed by atoms with E-state index in [4.69, 9.17) is 4.74 Å². The van der Waals surface area contributed by atoms with E-state index in [1.54, 1.807) is 29.6 Å². The Morgan fingerprint density at radius 2 is 2.00 bits per heavy atom. The van der Waals surface area contributed by atoms with Gasteiger partial charge >= 0.3 is 0 Å². The summed E-state index contributed by atoms with van der Waals surface area (Å²) in [6, 6.07) is 16.9. The van der Waals surface area contributed by atoms with Crippen LogP contribution in [0.3, 0.4) is 0 Å². The number of sulfonamides is 1. The molecule has 0 bridgehead atoms. The molecule has 1 atom stereocenters. The molecule has 1 aliphatic rings. The number of benzene rings is 2. The van der Waals surface area contributed by atoms with Crippen molar-refractivity contribution < 1.29 is 13.2 Å². The second kappa shape index (κ2) is 8.62. The van der Waals surface area contributed by atoms with Crippen molar-refractivity contribution in [2.75, 3.05) is 19.0 Å². The molecule has 2 aromatic carbocycles. The molecule has 0 radical (unpaired) electrons. The number of ether oxygens (including phenoxy) is 1. The van der Waals surface area contributed by atoms with Crippen molar-refractivity contribution in [3.63, 3.8) is 0 Å². The lowest BCUT2D eigenvalue weighted by molar-refractivity contribution is 0.268. The average Bonchev–Trinajstić information content (AvgIpc) is 2.77. The standard InChI is InChI=1S/C23H27N3O3S/c1-17-6-3-4-13-26(17)30(27,28)21-10-11-22-19(15-21)9-12-23(25-22)24-16-18-7-5-8-20(14-18)29-2/h5,7-12,14-15,17H,3-4,6,13,16H2,1-2H3,(H,24,25)/t17-/m0/s1. The number of hydrogen-bond acceptors (Lipinski definition) is 5. The lowest BCUT2D eigenvalue weighted by Crippen LogP contribution is -2.41. The van der Waals surface area contributed by atoms with Crippen molar-refractivity contribution in [3.8, 4) is 5.75 Å². The molecule has 0 saturated carbocycles. The van der Waals surface area contributed by atoms with Crippen LogP contribution in [0, 0.1) is 0 Å². The summed E-state index contributed by atoms with van der Waals surface area (Å²) in [4.78, 5) is 4.97. The molecule has 1 saturated heterocycles. The van der Waals surface area contributed by atoms with E-state index in [0.29, 0.717) is 18.0 Å². The Hall–Kier alpha value is -2.64. The van der Waals surface area contributed by atoms with Gasteiger partial charge in [-0.2, -0.15) is 4.31 Å². The maximum Gasteiger partial charge on any atom is 0.243 e. The monoisotopic (exact) mass is 425 g/mol. The first-order valence-corrected chi connectivity index (χ1v) is 11.7. The largest absolute Gasteiger partial charge is 0.497 e. The van der Waals surface area contributed by atoms with E-state index in [1.807, 2.05) is 43.3 Å². The van der Waals surface area contributed by atoms with Gasteiger partial charge in [-0.25, -0.2) is 13.4 Å². The molecule has 0 unspecified atom stereocenters. The second-order valence-electron chi connectivity index (χ2n) is 7.72. The van der Waals surface area contributed by atoms with Gasteiger partial charge < -0.3 is 10.1 Å². The first-order valence-electron chi connectivity index (χ1n) is 10.3.